The summed E-state index contributed by atoms with van der Waals surface area (Å²) in [4.78, 5) is 12.2. The summed E-state index contributed by atoms with van der Waals surface area (Å²) in [5.74, 6) is 1.41. The second kappa shape index (κ2) is 10.7. The molecule has 0 saturated carbocycles. The van der Waals surface area contributed by atoms with Gasteiger partial charge >= 0.3 is 0 Å². The van der Waals surface area contributed by atoms with Crippen LogP contribution in [0.1, 0.15) is 21.5 Å². The number of carbonyl (C=O) groups excluding carboxylic acids is 1. The molecule has 0 aromatic heterocycles. The molecule has 1 N–H and O–H groups in total. The Hall–Kier alpha value is -3.22. The largest absolute Gasteiger partial charge is 0.497 e. The van der Waals surface area contributed by atoms with Crippen LogP contribution in [-0.2, 0) is 6.61 Å². The van der Waals surface area contributed by atoms with Crippen molar-refractivity contribution >= 4 is 35.3 Å². The maximum atomic E-state index is 12.2. The smallest absolute Gasteiger partial charge is 0.271 e. The lowest BCUT2D eigenvalue weighted by atomic mass is 10.2. The number of ether oxygens (including phenoxy) is 3. The highest BCUT2D eigenvalue weighted by Crippen LogP contribution is 2.30. The van der Waals surface area contributed by atoms with Gasteiger partial charge in [-0.05, 0) is 60.2 Å². The zero-order valence-electron chi connectivity index (χ0n) is 16.9. The summed E-state index contributed by atoms with van der Waals surface area (Å²) >= 11 is 12.1. The molecule has 0 fully saturated rings. The van der Waals surface area contributed by atoms with Gasteiger partial charge in [-0.3, -0.25) is 4.79 Å². The topological polar surface area (TPSA) is 69.2 Å². The first-order valence-electron chi connectivity index (χ1n) is 9.22. The molecule has 0 aliphatic rings. The molecule has 3 aromatic carbocycles. The average Bonchev–Trinajstić information content (AvgIpc) is 2.78. The van der Waals surface area contributed by atoms with E-state index in [1.807, 2.05) is 0 Å². The fourth-order valence-corrected chi connectivity index (χ4v) is 3.12. The fourth-order valence-electron chi connectivity index (χ4n) is 2.65. The van der Waals surface area contributed by atoms with Crippen LogP contribution < -0.4 is 19.6 Å². The monoisotopic (exact) mass is 458 g/mol. The third-order valence-electron chi connectivity index (χ3n) is 4.32. The van der Waals surface area contributed by atoms with Crippen LogP contribution in [0.2, 0.25) is 10.0 Å². The van der Waals surface area contributed by atoms with Gasteiger partial charge in [-0.1, -0.05) is 29.3 Å². The Kier molecular flexibility index (Phi) is 7.76. The van der Waals surface area contributed by atoms with Crippen molar-refractivity contribution in [3.63, 3.8) is 0 Å². The Morgan fingerprint density at radius 1 is 0.968 bits per heavy atom. The van der Waals surface area contributed by atoms with Crippen molar-refractivity contribution in [3.8, 4) is 17.2 Å². The van der Waals surface area contributed by atoms with Crippen molar-refractivity contribution in [1.82, 2.24) is 5.43 Å². The number of amides is 1. The Morgan fingerprint density at radius 2 is 1.74 bits per heavy atom. The van der Waals surface area contributed by atoms with Gasteiger partial charge in [-0.15, -0.1) is 0 Å². The van der Waals surface area contributed by atoms with Crippen LogP contribution in [0.4, 0.5) is 0 Å². The number of halogens is 2. The second-order valence-electron chi connectivity index (χ2n) is 6.36. The van der Waals surface area contributed by atoms with Crippen LogP contribution in [-0.4, -0.2) is 26.3 Å². The minimum Gasteiger partial charge on any atom is -0.497 e. The normalized spacial score (nSPS) is 10.7. The van der Waals surface area contributed by atoms with Gasteiger partial charge in [0.05, 0.1) is 20.4 Å². The van der Waals surface area contributed by atoms with Gasteiger partial charge in [-0.2, -0.15) is 5.10 Å². The molecule has 0 aliphatic heterocycles. The van der Waals surface area contributed by atoms with Crippen LogP contribution in [0.3, 0.4) is 0 Å². The standard InChI is InChI=1S/C23H20Cl2N2O4/c1-29-19-8-5-16(6-9-19)23(28)27-26-13-15-3-10-21(30-2)22(11-15)31-14-17-4-7-18(24)12-20(17)25/h3-13H,14H2,1-2H3,(H,27,28). The highest BCUT2D eigenvalue weighted by atomic mass is 35.5. The quantitative estimate of drug-likeness (QED) is 0.364. The number of nitrogens with zero attached hydrogens (tertiary/aromatic N) is 1. The Bertz CT molecular complexity index is 1090. The van der Waals surface area contributed by atoms with Crippen molar-refractivity contribution in [2.24, 2.45) is 5.10 Å². The predicted molar refractivity (Wildman–Crippen MR) is 122 cm³/mol. The molecule has 3 rings (SSSR count). The first-order chi connectivity index (χ1) is 15.0. The molecule has 0 atom stereocenters. The molecular formula is C23H20Cl2N2O4. The van der Waals surface area contributed by atoms with Gasteiger partial charge in [0.15, 0.2) is 11.5 Å². The van der Waals surface area contributed by atoms with Gasteiger partial charge in [0, 0.05) is 21.2 Å². The van der Waals surface area contributed by atoms with Gasteiger partial charge in [0.25, 0.3) is 5.91 Å². The van der Waals surface area contributed by atoms with Gasteiger partial charge in [0.1, 0.15) is 12.4 Å². The van der Waals surface area contributed by atoms with Crippen molar-refractivity contribution < 1.29 is 19.0 Å². The summed E-state index contributed by atoms with van der Waals surface area (Å²) in [6.07, 6.45) is 1.52. The first-order valence-corrected chi connectivity index (χ1v) is 9.98. The Morgan fingerprint density at radius 3 is 2.42 bits per heavy atom. The highest BCUT2D eigenvalue weighted by Gasteiger charge is 2.08. The number of carbonyl (C=O) groups is 1. The van der Waals surface area contributed by atoms with E-state index in [4.69, 9.17) is 37.4 Å². The zero-order chi connectivity index (χ0) is 22.2. The van der Waals surface area contributed by atoms with E-state index in [0.717, 1.165) is 5.56 Å². The van der Waals surface area contributed by atoms with E-state index in [0.29, 0.717) is 38.4 Å². The van der Waals surface area contributed by atoms with Gasteiger partial charge < -0.3 is 14.2 Å². The minimum absolute atomic E-state index is 0.237. The van der Waals surface area contributed by atoms with Crippen LogP contribution in [0.5, 0.6) is 17.2 Å². The van der Waals surface area contributed by atoms with Gasteiger partial charge in [0.2, 0.25) is 0 Å². The number of hydrazone groups is 1. The molecule has 3 aromatic rings. The van der Waals surface area contributed by atoms with Crippen LogP contribution in [0.25, 0.3) is 0 Å². The summed E-state index contributed by atoms with van der Waals surface area (Å²) in [6.45, 7) is 0.237. The molecule has 1 amide bonds. The minimum atomic E-state index is -0.332. The van der Waals surface area contributed by atoms with Crippen LogP contribution in [0, 0.1) is 0 Å². The van der Waals surface area contributed by atoms with Crippen molar-refractivity contribution in [3.05, 3.63) is 87.4 Å². The van der Waals surface area contributed by atoms with E-state index in [1.165, 1.54) is 6.21 Å². The molecule has 0 bridgehead atoms. The average molecular weight is 459 g/mol. The van der Waals surface area contributed by atoms with E-state index < -0.39 is 0 Å². The van der Waals surface area contributed by atoms with Crippen molar-refractivity contribution in [2.75, 3.05) is 14.2 Å². The fraction of sp³-hybridized carbons (Fsp3) is 0.130. The van der Waals surface area contributed by atoms with E-state index in [1.54, 1.807) is 74.9 Å². The van der Waals surface area contributed by atoms with E-state index in [-0.39, 0.29) is 12.5 Å². The molecule has 0 spiro atoms. The lowest BCUT2D eigenvalue weighted by Gasteiger charge is -2.12. The Labute approximate surface area is 190 Å². The third-order valence-corrected chi connectivity index (χ3v) is 4.90. The van der Waals surface area contributed by atoms with E-state index in [9.17, 15) is 4.79 Å². The number of rotatable bonds is 8. The van der Waals surface area contributed by atoms with Crippen molar-refractivity contribution in [1.29, 1.82) is 0 Å². The summed E-state index contributed by atoms with van der Waals surface area (Å²) in [5.41, 5.74) is 4.47. The van der Waals surface area contributed by atoms with E-state index in [2.05, 4.69) is 10.5 Å². The van der Waals surface area contributed by atoms with Crippen LogP contribution >= 0.6 is 23.2 Å². The molecule has 0 radical (unpaired) electrons. The second-order valence-corrected chi connectivity index (χ2v) is 7.21. The molecule has 8 heteroatoms. The number of hydrogen-bond donors (Lipinski definition) is 1. The van der Waals surface area contributed by atoms with Crippen LogP contribution in [0.15, 0.2) is 65.8 Å². The maximum absolute atomic E-state index is 12.2. The zero-order valence-corrected chi connectivity index (χ0v) is 18.4. The lowest BCUT2D eigenvalue weighted by molar-refractivity contribution is 0.0955. The molecule has 6 nitrogen and oxygen atoms in total. The summed E-state index contributed by atoms with van der Waals surface area (Å²) in [5, 5.41) is 5.09. The predicted octanol–water partition coefficient (Wildman–Crippen LogP) is 5.35. The molecular weight excluding hydrogens is 439 g/mol. The molecule has 0 unspecified atom stereocenters. The first kappa shape index (κ1) is 22.5. The summed E-state index contributed by atoms with van der Waals surface area (Å²) in [6, 6.07) is 17.2. The number of hydrogen-bond acceptors (Lipinski definition) is 5. The van der Waals surface area contributed by atoms with Crippen molar-refractivity contribution in [2.45, 2.75) is 6.61 Å². The SMILES string of the molecule is COc1ccc(C(=O)NN=Cc2ccc(OC)c(OCc3ccc(Cl)cc3Cl)c2)cc1. The number of benzene rings is 3. The number of nitrogens with one attached hydrogen (secondary N) is 1. The Balaban J connectivity index is 1.66. The molecule has 31 heavy (non-hydrogen) atoms. The summed E-state index contributed by atoms with van der Waals surface area (Å²) in [7, 11) is 3.12. The lowest BCUT2D eigenvalue weighted by Crippen LogP contribution is -2.17. The molecule has 0 heterocycles. The summed E-state index contributed by atoms with van der Waals surface area (Å²) < 4.78 is 16.3. The highest BCUT2D eigenvalue weighted by molar-refractivity contribution is 6.35. The van der Waals surface area contributed by atoms with E-state index >= 15 is 0 Å². The molecule has 0 aliphatic carbocycles. The maximum Gasteiger partial charge on any atom is 0.271 e. The number of methoxy groups -OCH3 is 2. The molecule has 0 saturated heterocycles. The third kappa shape index (κ3) is 6.13. The van der Waals surface area contributed by atoms with Gasteiger partial charge in [-0.25, -0.2) is 5.43 Å². The molecule has 160 valence electrons.